The van der Waals surface area contributed by atoms with Gasteiger partial charge in [0.1, 0.15) is 11.8 Å². The zero-order valence-electron chi connectivity index (χ0n) is 13.0. The first-order valence-electron chi connectivity index (χ1n) is 6.94. The van der Waals surface area contributed by atoms with Crippen LogP contribution in [0.2, 0.25) is 0 Å². The molecule has 1 aromatic heterocycles. The molecule has 1 heterocycles. The monoisotopic (exact) mass is 358 g/mol. The number of anilines is 1. The van der Waals surface area contributed by atoms with Gasteiger partial charge in [-0.2, -0.15) is 0 Å². The number of sulfonamides is 1. The van der Waals surface area contributed by atoms with E-state index in [0.717, 1.165) is 28.8 Å². The summed E-state index contributed by atoms with van der Waals surface area (Å²) < 4.78 is 56.3. The van der Waals surface area contributed by atoms with Crippen LogP contribution in [0.15, 0.2) is 41.0 Å². The summed E-state index contributed by atoms with van der Waals surface area (Å²) in [6, 6.07) is 4.75. The maximum absolute atomic E-state index is 13.4. The third kappa shape index (κ3) is 4.10. The fourth-order valence-corrected chi connectivity index (χ4v) is 3.33. The quantitative estimate of drug-likeness (QED) is 0.857. The van der Waals surface area contributed by atoms with Crippen LogP contribution >= 0.6 is 0 Å². The number of halogens is 2. The summed E-state index contributed by atoms with van der Waals surface area (Å²) in [4.78, 5) is 12.2. The second-order valence-electron chi connectivity index (χ2n) is 5.13. The predicted octanol–water partition coefficient (Wildman–Crippen LogP) is 2.03. The minimum Gasteiger partial charge on any atom is -0.467 e. The first-order valence-corrected chi connectivity index (χ1v) is 8.79. The van der Waals surface area contributed by atoms with Gasteiger partial charge >= 0.3 is 0 Å². The van der Waals surface area contributed by atoms with Crippen molar-refractivity contribution in [1.82, 2.24) is 5.32 Å². The first-order chi connectivity index (χ1) is 11.2. The van der Waals surface area contributed by atoms with Crippen molar-refractivity contribution >= 4 is 21.6 Å². The lowest BCUT2D eigenvalue weighted by atomic mass is 10.2. The van der Waals surface area contributed by atoms with Crippen molar-refractivity contribution in [2.24, 2.45) is 0 Å². The van der Waals surface area contributed by atoms with Crippen LogP contribution in [0.1, 0.15) is 12.7 Å². The molecule has 1 unspecified atom stereocenters. The van der Waals surface area contributed by atoms with Crippen molar-refractivity contribution in [1.29, 1.82) is 0 Å². The Kier molecular flexibility index (Phi) is 5.23. The van der Waals surface area contributed by atoms with Crippen LogP contribution < -0.4 is 9.62 Å². The smallest absolute Gasteiger partial charge is 0.243 e. The lowest BCUT2D eigenvalue weighted by Gasteiger charge is -2.28. The number of hydrogen-bond acceptors (Lipinski definition) is 4. The molecule has 1 aromatic carbocycles. The highest BCUT2D eigenvalue weighted by Crippen LogP contribution is 2.23. The lowest BCUT2D eigenvalue weighted by Crippen LogP contribution is -2.47. The van der Waals surface area contributed by atoms with Gasteiger partial charge in [0.2, 0.25) is 15.9 Å². The van der Waals surface area contributed by atoms with E-state index in [9.17, 15) is 22.0 Å². The van der Waals surface area contributed by atoms with Gasteiger partial charge < -0.3 is 9.73 Å². The maximum Gasteiger partial charge on any atom is 0.243 e. The van der Waals surface area contributed by atoms with Crippen LogP contribution in [0, 0.1) is 11.6 Å². The van der Waals surface area contributed by atoms with E-state index in [1.165, 1.54) is 13.2 Å². The number of benzene rings is 1. The Labute approximate surface area is 138 Å². The van der Waals surface area contributed by atoms with Crippen LogP contribution in [-0.4, -0.2) is 26.6 Å². The summed E-state index contributed by atoms with van der Waals surface area (Å²) in [6.07, 6.45) is 2.32. The Bertz CT molecular complexity index is 822. The summed E-state index contributed by atoms with van der Waals surface area (Å²) in [5.41, 5.74) is -0.142. The summed E-state index contributed by atoms with van der Waals surface area (Å²) in [5.74, 6) is -2.43. The maximum atomic E-state index is 13.4. The molecule has 1 atom stereocenters. The zero-order valence-corrected chi connectivity index (χ0v) is 13.8. The van der Waals surface area contributed by atoms with Gasteiger partial charge in [0, 0.05) is 6.07 Å². The molecule has 0 fully saturated rings. The zero-order chi connectivity index (χ0) is 17.9. The van der Waals surface area contributed by atoms with E-state index in [0.29, 0.717) is 5.76 Å². The Morgan fingerprint density at radius 2 is 2.00 bits per heavy atom. The number of hydrogen-bond donors (Lipinski definition) is 1. The normalized spacial score (nSPS) is 12.7. The number of nitrogens with zero attached hydrogens (tertiary/aromatic N) is 1. The number of nitrogens with one attached hydrogen (secondary N) is 1. The van der Waals surface area contributed by atoms with Crippen molar-refractivity contribution in [3.05, 3.63) is 54.0 Å². The van der Waals surface area contributed by atoms with Crippen molar-refractivity contribution in [2.75, 3.05) is 10.6 Å². The van der Waals surface area contributed by atoms with Crippen LogP contribution in [0.25, 0.3) is 0 Å². The van der Waals surface area contributed by atoms with Gasteiger partial charge in [0.25, 0.3) is 0 Å². The van der Waals surface area contributed by atoms with E-state index in [1.54, 1.807) is 12.1 Å². The minimum atomic E-state index is -3.90. The number of furan rings is 1. The fraction of sp³-hybridized carbons (Fsp3) is 0.267. The molecule has 0 aliphatic rings. The Morgan fingerprint density at radius 3 is 2.54 bits per heavy atom. The van der Waals surface area contributed by atoms with Gasteiger partial charge in [-0.1, -0.05) is 0 Å². The van der Waals surface area contributed by atoms with Gasteiger partial charge in [-0.05, 0) is 31.2 Å². The SMILES string of the molecule is CC(C(=O)NCc1ccco1)N(c1ccc(F)c(F)c1)S(C)(=O)=O. The fourth-order valence-electron chi connectivity index (χ4n) is 2.17. The van der Waals surface area contributed by atoms with E-state index in [1.807, 2.05) is 0 Å². The molecule has 2 rings (SSSR count). The standard InChI is InChI=1S/C15H16F2N2O4S/c1-10(15(20)18-9-12-4-3-7-23-12)19(24(2,21)22)11-5-6-13(16)14(17)8-11/h3-8,10H,9H2,1-2H3,(H,18,20). The van der Waals surface area contributed by atoms with Crippen molar-refractivity contribution < 1.29 is 26.4 Å². The molecule has 2 aromatic rings. The highest BCUT2D eigenvalue weighted by Gasteiger charge is 2.29. The molecular formula is C15H16F2N2O4S. The number of rotatable bonds is 6. The molecule has 0 saturated heterocycles. The number of carbonyl (C=O) groups is 1. The van der Waals surface area contributed by atoms with Crippen molar-refractivity contribution in [2.45, 2.75) is 19.5 Å². The van der Waals surface area contributed by atoms with E-state index in [2.05, 4.69) is 5.32 Å². The molecule has 0 aliphatic carbocycles. The van der Waals surface area contributed by atoms with Crippen LogP contribution in [0.3, 0.4) is 0 Å². The Morgan fingerprint density at radius 1 is 1.29 bits per heavy atom. The molecule has 6 nitrogen and oxygen atoms in total. The summed E-state index contributed by atoms with van der Waals surface area (Å²) in [5, 5.41) is 2.53. The molecular weight excluding hydrogens is 342 g/mol. The van der Waals surface area contributed by atoms with Gasteiger partial charge in [0.15, 0.2) is 11.6 Å². The Hall–Kier alpha value is -2.42. The van der Waals surface area contributed by atoms with Gasteiger partial charge in [-0.3, -0.25) is 9.10 Å². The van der Waals surface area contributed by atoms with Crippen molar-refractivity contribution in [3.8, 4) is 0 Å². The molecule has 9 heteroatoms. The largest absolute Gasteiger partial charge is 0.467 e. The third-order valence-corrected chi connectivity index (χ3v) is 4.50. The molecule has 0 aliphatic heterocycles. The van der Waals surface area contributed by atoms with Crippen LogP contribution in [0.4, 0.5) is 14.5 Å². The molecule has 0 bridgehead atoms. The minimum absolute atomic E-state index is 0.0750. The lowest BCUT2D eigenvalue weighted by molar-refractivity contribution is -0.122. The molecule has 24 heavy (non-hydrogen) atoms. The predicted molar refractivity (Wildman–Crippen MR) is 83.7 cm³/mol. The van der Waals surface area contributed by atoms with Gasteiger partial charge in [-0.25, -0.2) is 17.2 Å². The molecule has 0 spiro atoms. The number of carbonyl (C=O) groups excluding carboxylic acids is 1. The topological polar surface area (TPSA) is 79.6 Å². The molecule has 0 radical (unpaired) electrons. The van der Waals surface area contributed by atoms with E-state index < -0.39 is 33.6 Å². The summed E-state index contributed by atoms with van der Waals surface area (Å²) in [6.45, 7) is 1.42. The van der Waals surface area contributed by atoms with Crippen LogP contribution in [-0.2, 0) is 21.4 Å². The second-order valence-corrected chi connectivity index (χ2v) is 6.99. The average Bonchev–Trinajstić information content (AvgIpc) is 3.00. The molecule has 1 N–H and O–H groups in total. The molecule has 0 saturated carbocycles. The highest BCUT2D eigenvalue weighted by molar-refractivity contribution is 7.92. The molecule has 130 valence electrons. The van der Waals surface area contributed by atoms with Crippen LogP contribution in [0.5, 0.6) is 0 Å². The van der Waals surface area contributed by atoms with Gasteiger partial charge in [0.05, 0.1) is 24.8 Å². The highest BCUT2D eigenvalue weighted by atomic mass is 32.2. The average molecular weight is 358 g/mol. The molecule has 1 amide bonds. The summed E-state index contributed by atoms with van der Waals surface area (Å²) in [7, 11) is -3.90. The first kappa shape index (κ1) is 17.9. The van der Waals surface area contributed by atoms with Gasteiger partial charge in [-0.15, -0.1) is 0 Å². The summed E-state index contributed by atoms with van der Waals surface area (Å²) >= 11 is 0. The third-order valence-electron chi connectivity index (χ3n) is 3.26. The van der Waals surface area contributed by atoms with Crippen molar-refractivity contribution in [3.63, 3.8) is 0 Å². The van der Waals surface area contributed by atoms with E-state index in [4.69, 9.17) is 4.42 Å². The number of amides is 1. The Balaban J connectivity index is 2.23. The van der Waals surface area contributed by atoms with E-state index in [-0.39, 0.29) is 12.2 Å². The van der Waals surface area contributed by atoms with E-state index >= 15 is 0 Å². The second kappa shape index (κ2) is 7.00.